The van der Waals surface area contributed by atoms with E-state index >= 15 is 0 Å². The van der Waals surface area contributed by atoms with Gasteiger partial charge in [0.15, 0.2) is 17.5 Å². The second-order valence-electron chi connectivity index (χ2n) is 4.54. The molecule has 0 amide bonds. The Morgan fingerprint density at radius 2 is 1.43 bits per heavy atom. The van der Waals surface area contributed by atoms with Gasteiger partial charge in [0.1, 0.15) is 0 Å². The molecule has 0 aromatic heterocycles. The van der Waals surface area contributed by atoms with Crippen molar-refractivity contribution in [3.63, 3.8) is 0 Å². The Morgan fingerprint density at radius 3 is 1.76 bits per heavy atom. The fourth-order valence-electron chi connectivity index (χ4n) is 1.93. The Kier molecular flexibility index (Phi) is 5.50. The summed E-state index contributed by atoms with van der Waals surface area (Å²) in [6.45, 7) is 0.699. The molecule has 3 heteroatoms. The summed E-state index contributed by atoms with van der Waals surface area (Å²) in [5, 5.41) is 0. The molecule has 106 valence electrons. The summed E-state index contributed by atoms with van der Waals surface area (Å²) < 4.78 is 4.80. The number of hydrogen-bond acceptors (Lipinski definition) is 3. The van der Waals surface area contributed by atoms with Crippen LogP contribution < -0.4 is 0 Å². The van der Waals surface area contributed by atoms with Crippen molar-refractivity contribution in [2.75, 3.05) is 6.61 Å². The Balaban J connectivity index is 0.000000194. The van der Waals surface area contributed by atoms with Crippen LogP contribution in [0.2, 0.25) is 0 Å². The van der Waals surface area contributed by atoms with Gasteiger partial charge >= 0.3 is 0 Å². The van der Waals surface area contributed by atoms with Gasteiger partial charge in [-0.3, -0.25) is 4.79 Å². The molecule has 3 nitrogen and oxygen atoms in total. The third-order valence-electron chi connectivity index (χ3n) is 3.01. The summed E-state index contributed by atoms with van der Waals surface area (Å²) in [4.78, 5) is 21.6. The van der Waals surface area contributed by atoms with E-state index in [2.05, 4.69) is 0 Å². The van der Waals surface area contributed by atoms with Crippen molar-refractivity contribution in [3.05, 3.63) is 77.5 Å². The van der Waals surface area contributed by atoms with E-state index in [0.717, 1.165) is 24.0 Å². The maximum Gasteiger partial charge on any atom is 0.193 e. The van der Waals surface area contributed by atoms with Gasteiger partial charge in [-0.2, -0.15) is 0 Å². The molecular weight excluding hydrogens is 264 g/mol. The van der Waals surface area contributed by atoms with Gasteiger partial charge in [-0.1, -0.05) is 60.7 Å². The summed E-state index contributed by atoms with van der Waals surface area (Å²) in [5.41, 5.74) is 1.47. The van der Waals surface area contributed by atoms with Crippen LogP contribution in [0.5, 0.6) is 0 Å². The highest BCUT2D eigenvalue weighted by Crippen LogP contribution is 2.11. The van der Waals surface area contributed by atoms with Crippen LogP contribution in [0.3, 0.4) is 0 Å². The molecule has 0 saturated carbocycles. The first-order chi connectivity index (χ1) is 10.3. The van der Waals surface area contributed by atoms with Crippen molar-refractivity contribution in [1.29, 1.82) is 0 Å². The molecule has 2 aromatic carbocycles. The van der Waals surface area contributed by atoms with Crippen LogP contribution >= 0.6 is 0 Å². The number of allylic oxidation sites excluding steroid dienone is 1. The number of ether oxygens (including phenoxy) is 1. The molecule has 21 heavy (non-hydrogen) atoms. The fraction of sp³-hybridized carbons (Fsp3) is 0.167. The number of benzene rings is 2. The Hall–Kier alpha value is -2.64. The molecule has 1 fully saturated rings. The maximum absolute atomic E-state index is 11.8. The van der Waals surface area contributed by atoms with Gasteiger partial charge < -0.3 is 4.74 Å². The van der Waals surface area contributed by atoms with Crippen LogP contribution in [0.1, 0.15) is 28.8 Å². The van der Waals surface area contributed by atoms with E-state index in [1.807, 2.05) is 60.7 Å². The minimum Gasteiger partial charge on any atom is -0.487 e. The molecule has 0 unspecified atom stereocenters. The minimum atomic E-state index is 0.0752. The van der Waals surface area contributed by atoms with Gasteiger partial charge in [-0.25, -0.2) is 4.79 Å². The van der Waals surface area contributed by atoms with E-state index in [-0.39, 0.29) is 5.78 Å². The number of hydrogen-bond donors (Lipinski definition) is 0. The van der Waals surface area contributed by atoms with Crippen molar-refractivity contribution in [2.45, 2.75) is 12.8 Å². The average molecular weight is 280 g/mol. The number of carbonyl (C=O) groups is 1. The summed E-state index contributed by atoms with van der Waals surface area (Å²) in [5.74, 6) is 2.27. The average Bonchev–Trinajstić information content (AvgIpc) is 3.10. The van der Waals surface area contributed by atoms with E-state index < -0.39 is 0 Å². The molecule has 1 aliphatic rings. The van der Waals surface area contributed by atoms with E-state index in [0.29, 0.717) is 12.4 Å². The maximum atomic E-state index is 11.8. The molecule has 0 atom stereocenters. The lowest BCUT2D eigenvalue weighted by molar-refractivity contribution is 0.103. The Morgan fingerprint density at radius 1 is 0.905 bits per heavy atom. The lowest BCUT2D eigenvalue weighted by Crippen LogP contribution is -1.99. The molecule has 1 heterocycles. The Bertz CT molecular complexity index is 577. The van der Waals surface area contributed by atoms with Crippen molar-refractivity contribution < 1.29 is 14.3 Å². The first-order valence-electron chi connectivity index (χ1n) is 6.83. The van der Waals surface area contributed by atoms with Crippen molar-refractivity contribution >= 4 is 11.7 Å². The third kappa shape index (κ3) is 4.44. The molecule has 3 rings (SSSR count). The summed E-state index contributed by atoms with van der Waals surface area (Å²) >= 11 is 0. The van der Waals surface area contributed by atoms with Gasteiger partial charge in [0.2, 0.25) is 0 Å². The normalized spacial score (nSPS) is 12.7. The number of carbonyl (C=O) groups excluding carboxylic acids is 2. The largest absolute Gasteiger partial charge is 0.487 e. The molecule has 2 aromatic rings. The summed E-state index contributed by atoms with van der Waals surface area (Å²) in [7, 11) is 0. The first kappa shape index (κ1) is 14.8. The summed E-state index contributed by atoms with van der Waals surface area (Å²) in [6, 6.07) is 18.6. The highest BCUT2D eigenvalue weighted by Gasteiger charge is 2.06. The monoisotopic (exact) mass is 280 g/mol. The highest BCUT2D eigenvalue weighted by atomic mass is 16.5. The number of rotatable bonds is 2. The molecule has 1 saturated heterocycles. The quantitative estimate of drug-likeness (QED) is 0.625. The number of ketones is 1. The molecule has 1 aliphatic heterocycles. The lowest BCUT2D eigenvalue weighted by atomic mass is 10.0. The lowest BCUT2D eigenvalue weighted by Gasteiger charge is -1.99. The van der Waals surface area contributed by atoms with Crippen LogP contribution in [0.4, 0.5) is 0 Å². The molecular formula is C18H16O3. The van der Waals surface area contributed by atoms with Crippen LogP contribution in [-0.2, 0) is 9.53 Å². The SMILES string of the molecule is O=C(c1ccccc1)c1ccccc1.O=C=C1CCCO1. The van der Waals surface area contributed by atoms with E-state index in [1.54, 1.807) is 5.94 Å². The molecule has 0 spiro atoms. The third-order valence-corrected chi connectivity index (χ3v) is 3.01. The minimum absolute atomic E-state index is 0.0752. The topological polar surface area (TPSA) is 43.4 Å². The van der Waals surface area contributed by atoms with Gasteiger partial charge in [0.25, 0.3) is 0 Å². The van der Waals surface area contributed by atoms with Crippen LogP contribution in [0.25, 0.3) is 0 Å². The second-order valence-corrected chi connectivity index (χ2v) is 4.54. The van der Waals surface area contributed by atoms with Gasteiger partial charge in [0, 0.05) is 17.5 Å². The van der Waals surface area contributed by atoms with E-state index in [9.17, 15) is 9.59 Å². The van der Waals surface area contributed by atoms with E-state index in [1.165, 1.54) is 0 Å². The molecule has 0 radical (unpaired) electrons. The molecule has 0 N–H and O–H groups in total. The van der Waals surface area contributed by atoms with Crippen LogP contribution in [0.15, 0.2) is 66.4 Å². The zero-order valence-corrected chi connectivity index (χ0v) is 11.6. The first-order valence-corrected chi connectivity index (χ1v) is 6.83. The second kappa shape index (κ2) is 7.83. The highest BCUT2D eigenvalue weighted by molar-refractivity contribution is 6.08. The van der Waals surface area contributed by atoms with Crippen molar-refractivity contribution in [3.8, 4) is 0 Å². The predicted molar refractivity (Wildman–Crippen MR) is 80.7 cm³/mol. The Labute approximate surface area is 123 Å². The summed E-state index contributed by atoms with van der Waals surface area (Å²) in [6.07, 6.45) is 1.76. The van der Waals surface area contributed by atoms with Gasteiger partial charge in [-0.15, -0.1) is 0 Å². The molecule has 0 aliphatic carbocycles. The van der Waals surface area contributed by atoms with Gasteiger partial charge in [0.05, 0.1) is 6.61 Å². The standard InChI is InChI=1S/C13H10O.C5H6O2/c14-13(11-7-3-1-4-8-11)12-9-5-2-6-10-12;6-4-5-2-1-3-7-5/h1-10H;1-3H2. The predicted octanol–water partition coefficient (Wildman–Crippen LogP) is 3.43. The zero-order valence-electron chi connectivity index (χ0n) is 11.6. The van der Waals surface area contributed by atoms with E-state index in [4.69, 9.17) is 4.74 Å². The smallest absolute Gasteiger partial charge is 0.193 e. The molecule has 0 bridgehead atoms. The van der Waals surface area contributed by atoms with Crippen molar-refractivity contribution in [2.24, 2.45) is 0 Å². The van der Waals surface area contributed by atoms with Crippen molar-refractivity contribution in [1.82, 2.24) is 0 Å². The van der Waals surface area contributed by atoms with Crippen LogP contribution in [0, 0.1) is 0 Å². The van der Waals surface area contributed by atoms with Crippen LogP contribution in [-0.4, -0.2) is 18.3 Å². The fourth-order valence-corrected chi connectivity index (χ4v) is 1.93. The zero-order chi connectivity index (χ0) is 14.9. The van der Waals surface area contributed by atoms with Gasteiger partial charge in [-0.05, 0) is 6.42 Å².